The lowest BCUT2D eigenvalue weighted by Crippen LogP contribution is -2.26. The van der Waals surface area contributed by atoms with E-state index in [0.29, 0.717) is 25.3 Å². The topological polar surface area (TPSA) is 59.5 Å². The van der Waals surface area contributed by atoms with Crippen molar-refractivity contribution in [3.05, 3.63) is 77.5 Å². The van der Waals surface area contributed by atoms with Gasteiger partial charge in [0, 0.05) is 49.4 Å². The molecule has 0 saturated carbocycles. The molecule has 0 N–H and O–H groups in total. The number of benzene rings is 2. The molecule has 4 aromatic rings. The Morgan fingerprint density at radius 1 is 1.07 bits per heavy atom. The van der Waals surface area contributed by atoms with Crippen LogP contribution in [0.5, 0.6) is 0 Å². The van der Waals surface area contributed by atoms with Crippen molar-refractivity contribution in [1.29, 1.82) is 0 Å². The number of rotatable bonds is 7. The van der Waals surface area contributed by atoms with Crippen molar-refractivity contribution in [2.45, 2.75) is 39.7 Å². The molecule has 5 nitrogen and oxygen atoms in total. The maximum absolute atomic E-state index is 12.7. The Balaban J connectivity index is 1.40. The lowest BCUT2D eigenvalue weighted by atomic mass is 10.1. The molecule has 0 aliphatic carbocycles. The van der Waals surface area contributed by atoms with Gasteiger partial charge in [0.25, 0.3) is 0 Å². The lowest BCUT2D eigenvalue weighted by molar-refractivity contribution is -0.130. The number of amides is 1. The van der Waals surface area contributed by atoms with Gasteiger partial charge in [0.2, 0.25) is 5.91 Å². The van der Waals surface area contributed by atoms with Crippen molar-refractivity contribution in [1.82, 2.24) is 9.88 Å². The summed E-state index contributed by atoms with van der Waals surface area (Å²) < 4.78 is 11.8. The molecule has 0 aliphatic heterocycles. The summed E-state index contributed by atoms with van der Waals surface area (Å²) in [7, 11) is 1.83. The monoisotopic (exact) mass is 402 g/mol. The van der Waals surface area contributed by atoms with Crippen LogP contribution in [0.25, 0.3) is 22.3 Å². The van der Waals surface area contributed by atoms with E-state index < -0.39 is 0 Å². The highest BCUT2D eigenvalue weighted by atomic mass is 16.4. The largest absolute Gasteiger partial charge is 0.461 e. The SMILES string of the molecule is CCc1oc2ccccc2c1CN(C)C(=O)CCc1ncc(-c2ccc(C)cc2)o1. The molecule has 0 fully saturated rings. The average molecular weight is 402 g/mol. The van der Waals surface area contributed by atoms with Gasteiger partial charge in [-0.05, 0) is 13.0 Å². The minimum atomic E-state index is 0.0532. The molecular formula is C25H26N2O3. The molecule has 0 atom stereocenters. The highest BCUT2D eigenvalue weighted by molar-refractivity contribution is 5.83. The van der Waals surface area contributed by atoms with Crippen molar-refractivity contribution in [3.8, 4) is 11.3 Å². The van der Waals surface area contributed by atoms with Crippen LogP contribution in [0.3, 0.4) is 0 Å². The second kappa shape index (κ2) is 8.57. The van der Waals surface area contributed by atoms with Gasteiger partial charge in [-0.25, -0.2) is 4.98 Å². The third kappa shape index (κ3) is 4.15. The average Bonchev–Trinajstić information content (AvgIpc) is 3.37. The predicted molar refractivity (Wildman–Crippen MR) is 117 cm³/mol. The van der Waals surface area contributed by atoms with E-state index in [9.17, 15) is 4.79 Å². The Kier molecular flexibility index (Phi) is 5.70. The van der Waals surface area contributed by atoms with E-state index in [4.69, 9.17) is 8.83 Å². The third-order valence-corrected chi connectivity index (χ3v) is 5.37. The van der Waals surface area contributed by atoms with E-state index in [1.807, 2.05) is 62.5 Å². The molecule has 30 heavy (non-hydrogen) atoms. The zero-order valence-corrected chi connectivity index (χ0v) is 17.6. The smallest absolute Gasteiger partial charge is 0.223 e. The number of carbonyl (C=O) groups is 1. The Morgan fingerprint density at radius 2 is 1.83 bits per heavy atom. The first-order chi connectivity index (χ1) is 14.5. The summed E-state index contributed by atoms with van der Waals surface area (Å²) in [6.07, 6.45) is 3.34. The number of para-hydroxylation sites is 1. The number of furan rings is 1. The number of hydrogen-bond donors (Lipinski definition) is 0. The molecule has 2 heterocycles. The van der Waals surface area contributed by atoms with Crippen LogP contribution in [0, 0.1) is 6.92 Å². The summed E-state index contributed by atoms with van der Waals surface area (Å²) in [5, 5.41) is 1.07. The first-order valence-corrected chi connectivity index (χ1v) is 10.3. The van der Waals surface area contributed by atoms with E-state index in [2.05, 4.69) is 11.9 Å². The van der Waals surface area contributed by atoms with Crippen LogP contribution < -0.4 is 0 Å². The number of oxazole rings is 1. The normalized spacial score (nSPS) is 11.2. The van der Waals surface area contributed by atoms with Gasteiger partial charge in [-0.3, -0.25) is 4.79 Å². The van der Waals surface area contributed by atoms with Crippen LogP contribution in [-0.2, 0) is 24.2 Å². The minimum Gasteiger partial charge on any atom is -0.461 e. The molecule has 1 amide bonds. The van der Waals surface area contributed by atoms with E-state index >= 15 is 0 Å². The summed E-state index contributed by atoms with van der Waals surface area (Å²) in [4.78, 5) is 18.8. The third-order valence-electron chi connectivity index (χ3n) is 5.37. The highest BCUT2D eigenvalue weighted by Gasteiger charge is 2.18. The molecular weight excluding hydrogens is 376 g/mol. The zero-order chi connectivity index (χ0) is 21.1. The van der Waals surface area contributed by atoms with Crippen molar-refractivity contribution in [3.63, 3.8) is 0 Å². The fraction of sp³-hybridized carbons (Fsp3) is 0.280. The summed E-state index contributed by atoms with van der Waals surface area (Å²) in [6.45, 7) is 4.64. The zero-order valence-electron chi connectivity index (χ0n) is 17.6. The molecule has 0 radical (unpaired) electrons. The molecule has 0 saturated heterocycles. The van der Waals surface area contributed by atoms with Crippen LogP contribution >= 0.6 is 0 Å². The standard InChI is InChI=1S/C25H26N2O3/c1-4-21-20(19-7-5-6-8-22(19)29-21)16-27(3)25(28)14-13-24-26-15-23(30-24)18-11-9-17(2)10-12-18/h5-12,15H,4,13-14,16H2,1-3H3. The Labute approximate surface area is 176 Å². The fourth-order valence-electron chi connectivity index (χ4n) is 3.62. The van der Waals surface area contributed by atoms with Gasteiger partial charge in [-0.2, -0.15) is 0 Å². The van der Waals surface area contributed by atoms with Gasteiger partial charge in [0.15, 0.2) is 11.7 Å². The van der Waals surface area contributed by atoms with E-state index in [-0.39, 0.29) is 5.91 Å². The minimum absolute atomic E-state index is 0.0532. The van der Waals surface area contributed by atoms with Crippen LogP contribution in [0.2, 0.25) is 0 Å². The van der Waals surface area contributed by atoms with Crippen molar-refractivity contribution in [2.24, 2.45) is 0 Å². The van der Waals surface area contributed by atoms with Crippen LogP contribution in [0.1, 0.15) is 36.1 Å². The molecule has 4 rings (SSSR count). The quantitative estimate of drug-likeness (QED) is 0.407. The fourth-order valence-corrected chi connectivity index (χ4v) is 3.62. The molecule has 2 aromatic carbocycles. The van der Waals surface area contributed by atoms with Crippen LogP contribution in [0.15, 0.2) is 63.6 Å². The lowest BCUT2D eigenvalue weighted by Gasteiger charge is -2.17. The van der Waals surface area contributed by atoms with Gasteiger partial charge >= 0.3 is 0 Å². The number of nitrogens with zero attached hydrogens (tertiary/aromatic N) is 2. The molecule has 2 aromatic heterocycles. The second-order valence-corrected chi connectivity index (χ2v) is 7.59. The van der Waals surface area contributed by atoms with Crippen LogP contribution in [0.4, 0.5) is 0 Å². The first-order valence-electron chi connectivity index (χ1n) is 10.3. The van der Waals surface area contributed by atoms with Gasteiger partial charge in [0.05, 0.1) is 6.20 Å². The first kappa shape index (κ1) is 20.0. The Hall–Kier alpha value is -3.34. The molecule has 0 unspecified atom stereocenters. The summed E-state index contributed by atoms with van der Waals surface area (Å²) in [5.74, 6) is 2.29. The summed E-state index contributed by atoms with van der Waals surface area (Å²) >= 11 is 0. The maximum atomic E-state index is 12.7. The molecule has 5 heteroatoms. The Bertz CT molecular complexity index is 1150. The molecule has 0 aliphatic rings. The number of carbonyl (C=O) groups excluding carboxylic acids is 1. The van der Waals surface area contributed by atoms with Gasteiger partial charge in [0.1, 0.15) is 11.3 Å². The van der Waals surface area contributed by atoms with Crippen molar-refractivity contribution < 1.29 is 13.6 Å². The molecule has 154 valence electrons. The predicted octanol–water partition coefficient (Wildman–Crippen LogP) is 5.55. The van der Waals surface area contributed by atoms with E-state index in [1.165, 1.54) is 5.56 Å². The van der Waals surface area contributed by atoms with Crippen molar-refractivity contribution in [2.75, 3.05) is 7.05 Å². The number of fused-ring (bicyclic) bond motifs is 1. The van der Waals surface area contributed by atoms with Crippen molar-refractivity contribution >= 4 is 16.9 Å². The summed E-state index contributed by atoms with van der Waals surface area (Å²) in [6, 6.07) is 16.1. The molecule has 0 spiro atoms. The Morgan fingerprint density at radius 3 is 2.60 bits per heavy atom. The second-order valence-electron chi connectivity index (χ2n) is 7.59. The number of aryl methyl sites for hydroxylation is 3. The number of hydrogen-bond acceptors (Lipinski definition) is 4. The van der Waals surface area contributed by atoms with Gasteiger partial charge in [-0.1, -0.05) is 55.0 Å². The van der Waals surface area contributed by atoms with E-state index in [0.717, 1.165) is 40.0 Å². The van der Waals surface area contributed by atoms with Gasteiger partial charge < -0.3 is 13.7 Å². The summed E-state index contributed by atoms with van der Waals surface area (Å²) in [5.41, 5.74) is 4.14. The highest BCUT2D eigenvalue weighted by Crippen LogP contribution is 2.27. The van der Waals surface area contributed by atoms with Crippen LogP contribution in [-0.4, -0.2) is 22.8 Å². The number of aromatic nitrogens is 1. The maximum Gasteiger partial charge on any atom is 0.223 e. The molecule has 0 bridgehead atoms. The van der Waals surface area contributed by atoms with Gasteiger partial charge in [-0.15, -0.1) is 0 Å². The van der Waals surface area contributed by atoms with E-state index in [1.54, 1.807) is 11.1 Å².